The fraction of sp³-hybridized carbons (Fsp3) is 0.348. The van der Waals surface area contributed by atoms with Crippen molar-refractivity contribution in [2.24, 2.45) is 0 Å². The Kier molecular flexibility index (Phi) is 4.85. The number of hydrogen-bond acceptors (Lipinski definition) is 3. The first kappa shape index (κ1) is 18.6. The van der Waals surface area contributed by atoms with Crippen molar-refractivity contribution in [2.45, 2.75) is 26.8 Å². The number of nitrogens with zero attached hydrogens (tertiary/aromatic N) is 2. The molecule has 0 aliphatic carbocycles. The molecule has 28 heavy (non-hydrogen) atoms. The normalized spacial score (nSPS) is 16.5. The molecule has 0 amide bonds. The van der Waals surface area contributed by atoms with Gasteiger partial charge in [-0.3, -0.25) is 9.69 Å². The summed E-state index contributed by atoms with van der Waals surface area (Å²) in [4.78, 5) is 20.1. The zero-order valence-corrected chi connectivity index (χ0v) is 16.7. The lowest BCUT2D eigenvalue weighted by atomic mass is 10.0. The molecule has 0 saturated carbocycles. The van der Waals surface area contributed by atoms with Gasteiger partial charge in [0, 0.05) is 54.0 Å². The maximum Gasteiger partial charge on any atom is 0.325 e. The molecular weight excluding hydrogens is 350 g/mol. The van der Waals surface area contributed by atoms with E-state index in [1.807, 2.05) is 31.2 Å². The predicted octanol–water partition coefficient (Wildman–Crippen LogP) is 4.04. The van der Waals surface area contributed by atoms with Crippen LogP contribution in [0.1, 0.15) is 28.4 Å². The summed E-state index contributed by atoms with van der Waals surface area (Å²) in [6.45, 7) is 9.33. The van der Waals surface area contributed by atoms with Crippen molar-refractivity contribution >= 4 is 22.6 Å². The minimum atomic E-state index is -0.784. The van der Waals surface area contributed by atoms with Crippen molar-refractivity contribution in [1.82, 2.24) is 9.88 Å². The van der Waals surface area contributed by atoms with Crippen LogP contribution in [0.3, 0.4) is 0 Å². The van der Waals surface area contributed by atoms with Gasteiger partial charge in [0.2, 0.25) is 0 Å². The maximum absolute atomic E-state index is 12.3. The zero-order chi connectivity index (χ0) is 19.8. The van der Waals surface area contributed by atoms with E-state index in [1.54, 1.807) is 0 Å². The molecule has 2 heterocycles. The van der Waals surface area contributed by atoms with E-state index in [2.05, 4.69) is 46.8 Å². The average molecular weight is 377 g/mol. The number of anilines is 1. The second-order valence-corrected chi connectivity index (χ2v) is 7.76. The number of aromatic nitrogens is 1. The second kappa shape index (κ2) is 7.32. The molecule has 1 unspecified atom stereocenters. The molecule has 0 spiro atoms. The topological polar surface area (TPSA) is 59.6 Å². The van der Waals surface area contributed by atoms with E-state index in [-0.39, 0.29) is 0 Å². The van der Waals surface area contributed by atoms with E-state index in [0.717, 1.165) is 48.3 Å². The Hall–Kier alpha value is -2.79. The number of para-hydroxylation sites is 1. The number of aromatic amines is 1. The first-order valence-corrected chi connectivity index (χ1v) is 9.82. The summed E-state index contributed by atoms with van der Waals surface area (Å²) in [6, 6.07) is 13.9. The van der Waals surface area contributed by atoms with E-state index in [9.17, 15) is 9.90 Å². The Morgan fingerprint density at radius 1 is 1.04 bits per heavy atom. The molecule has 1 fully saturated rings. The summed E-state index contributed by atoms with van der Waals surface area (Å²) in [5.41, 5.74) is 6.61. The highest BCUT2D eigenvalue weighted by molar-refractivity contribution is 5.90. The number of H-pyrrole nitrogens is 1. The van der Waals surface area contributed by atoms with Gasteiger partial charge < -0.3 is 15.0 Å². The van der Waals surface area contributed by atoms with Crippen LogP contribution in [0.15, 0.2) is 42.5 Å². The number of fused-ring (bicyclic) bond motifs is 1. The minimum absolute atomic E-state index is 0.627. The molecule has 5 heteroatoms. The van der Waals surface area contributed by atoms with Crippen molar-refractivity contribution < 1.29 is 9.90 Å². The van der Waals surface area contributed by atoms with Crippen LogP contribution >= 0.6 is 0 Å². The third-order valence-corrected chi connectivity index (χ3v) is 5.82. The number of rotatable bonds is 4. The molecule has 4 rings (SSSR count). The molecule has 1 aliphatic heterocycles. The van der Waals surface area contributed by atoms with E-state index in [0.29, 0.717) is 0 Å². The van der Waals surface area contributed by atoms with Gasteiger partial charge in [0.1, 0.15) is 6.04 Å². The summed E-state index contributed by atoms with van der Waals surface area (Å²) in [7, 11) is 0. The van der Waals surface area contributed by atoms with Gasteiger partial charge in [0.25, 0.3) is 0 Å². The number of carboxylic acids is 1. The van der Waals surface area contributed by atoms with Crippen LogP contribution in [0.2, 0.25) is 0 Å². The van der Waals surface area contributed by atoms with Gasteiger partial charge in [-0.2, -0.15) is 0 Å². The van der Waals surface area contributed by atoms with Crippen LogP contribution in [0.25, 0.3) is 10.9 Å². The van der Waals surface area contributed by atoms with Crippen LogP contribution in [0.4, 0.5) is 5.69 Å². The number of hydrogen-bond donors (Lipinski definition) is 2. The number of aliphatic carboxylic acids is 1. The first-order chi connectivity index (χ1) is 13.5. The van der Waals surface area contributed by atoms with E-state index >= 15 is 0 Å². The standard InChI is InChI=1S/C23H27N3O2/c1-15-8-9-20(16(2)14-15)25-10-12-26(13-11-25)22(23(27)28)21-17(3)24-19-7-5-4-6-18(19)21/h4-9,14,22,24H,10-13H2,1-3H3,(H,27,28). The first-order valence-electron chi connectivity index (χ1n) is 9.82. The van der Waals surface area contributed by atoms with Gasteiger partial charge in [-0.05, 0) is 38.5 Å². The number of piperazine rings is 1. The molecule has 5 nitrogen and oxygen atoms in total. The van der Waals surface area contributed by atoms with Gasteiger partial charge in [0.15, 0.2) is 0 Å². The van der Waals surface area contributed by atoms with E-state index in [4.69, 9.17) is 0 Å². The van der Waals surface area contributed by atoms with Gasteiger partial charge in [-0.1, -0.05) is 35.9 Å². The van der Waals surface area contributed by atoms with E-state index < -0.39 is 12.0 Å². The molecule has 1 saturated heterocycles. The number of aryl methyl sites for hydroxylation is 3. The number of carbonyl (C=O) groups is 1. The molecule has 0 bridgehead atoms. The van der Waals surface area contributed by atoms with Crippen molar-refractivity contribution in [1.29, 1.82) is 0 Å². The van der Waals surface area contributed by atoms with Crippen LogP contribution < -0.4 is 4.90 Å². The van der Waals surface area contributed by atoms with Crippen LogP contribution in [-0.4, -0.2) is 47.1 Å². The molecule has 0 radical (unpaired) electrons. The lowest BCUT2D eigenvalue weighted by Gasteiger charge is -2.39. The van der Waals surface area contributed by atoms with Gasteiger partial charge in [-0.15, -0.1) is 0 Å². The highest BCUT2D eigenvalue weighted by atomic mass is 16.4. The molecule has 1 atom stereocenters. The summed E-state index contributed by atoms with van der Waals surface area (Å²) in [6.07, 6.45) is 0. The molecule has 2 N–H and O–H groups in total. The average Bonchev–Trinajstić information content (AvgIpc) is 2.99. The second-order valence-electron chi connectivity index (χ2n) is 7.76. The molecule has 2 aromatic carbocycles. The number of nitrogens with one attached hydrogen (secondary N) is 1. The van der Waals surface area contributed by atoms with Gasteiger partial charge >= 0.3 is 5.97 Å². The molecular formula is C23H27N3O2. The van der Waals surface area contributed by atoms with Crippen LogP contribution in [-0.2, 0) is 4.79 Å². The monoisotopic (exact) mass is 377 g/mol. The highest BCUT2D eigenvalue weighted by Crippen LogP contribution is 2.33. The maximum atomic E-state index is 12.3. The Morgan fingerprint density at radius 3 is 2.43 bits per heavy atom. The SMILES string of the molecule is Cc1ccc(N2CCN(C(C(=O)O)c3c(C)[nH]c4ccccc34)CC2)c(C)c1. The minimum Gasteiger partial charge on any atom is -0.480 e. The molecule has 1 aliphatic rings. The zero-order valence-electron chi connectivity index (χ0n) is 16.7. The number of carboxylic acid groups (broad SMARTS) is 1. The fourth-order valence-corrected chi connectivity index (χ4v) is 4.49. The smallest absolute Gasteiger partial charge is 0.325 e. The quantitative estimate of drug-likeness (QED) is 0.720. The molecule has 146 valence electrons. The Morgan fingerprint density at radius 2 is 1.75 bits per heavy atom. The summed E-state index contributed by atoms with van der Waals surface area (Å²) < 4.78 is 0. The van der Waals surface area contributed by atoms with Crippen molar-refractivity contribution in [3.05, 3.63) is 64.8 Å². The van der Waals surface area contributed by atoms with Crippen LogP contribution in [0.5, 0.6) is 0 Å². The molecule has 1 aromatic heterocycles. The lowest BCUT2D eigenvalue weighted by Crippen LogP contribution is -2.49. The Balaban J connectivity index is 1.59. The lowest BCUT2D eigenvalue weighted by molar-refractivity contribution is -0.143. The third-order valence-electron chi connectivity index (χ3n) is 5.82. The predicted molar refractivity (Wildman–Crippen MR) is 113 cm³/mol. The largest absolute Gasteiger partial charge is 0.480 e. The fourth-order valence-electron chi connectivity index (χ4n) is 4.49. The number of benzene rings is 2. The molecule has 3 aromatic rings. The summed E-state index contributed by atoms with van der Waals surface area (Å²) in [5.74, 6) is -0.784. The Labute approximate surface area is 165 Å². The highest BCUT2D eigenvalue weighted by Gasteiger charge is 2.33. The summed E-state index contributed by atoms with van der Waals surface area (Å²) in [5, 5.41) is 11.1. The third kappa shape index (κ3) is 3.27. The summed E-state index contributed by atoms with van der Waals surface area (Å²) >= 11 is 0. The van der Waals surface area contributed by atoms with Crippen LogP contribution in [0, 0.1) is 20.8 Å². The van der Waals surface area contributed by atoms with Crippen molar-refractivity contribution in [3.63, 3.8) is 0 Å². The van der Waals surface area contributed by atoms with Crippen molar-refractivity contribution in [2.75, 3.05) is 31.1 Å². The van der Waals surface area contributed by atoms with Gasteiger partial charge in [0.05, 0.1) is 0 Å². The van der Waals surface area contributed by atoms with Crippen molar-refractivity contribution in [3.8, 4) is 0 Å². The van der Waals surface area contributed by atoms with E-state index in [1.165, 1.54) is 16.8 Å². The van der Waals surface area contributed by atoms with Gasteiger partial charge in [-0.25, -0.2) is 0 Å². The Bertz CT molecular complexity index is 1020.